The van der Waals surface area contributed by atoms with Crippen molar-refractivity contribution in [3.63, 3.8) is 0 Å². The third kappa shape index (κ3) is 9.71. The van der Waals surface area contributed by atoms with Crippen LogP contribution in [0.1, 0.15) is 160 Å². The normalized spacial score (nSPS) is 21.4. The van der Waals surface area contributed by atoms with Gasteiger partial charge in [0.2, 0.25) is 0 Å². The first-order valence-corrected chi connectivity index (χ1v) is 28.3. The van der Waals surface area contributed by atoms with Crippen molar-refractivity contribution in [2.24, 2.45) is 35.5 Å². The molecule has 4 saturated carbocycles. The van der Waals surface area contributed by atoms with Crippen LogP contribution in [0.4, 0.5) is 0 Å². The first kappa shape index (κ1) is 47.7. The lowest BCUT2D eigenvalue weighted by Crippen LogP contribution is -2.37. The van der Waals surface area contributed by atoms with E-state index >= 15 is 0 Å². The van der Waals surface area contributed by atoms with Crippen molar-refractivity contribution in [2.45, 2.75) is 126 Å². The molecule has 0 saturated heterocycles. The highest BCUT2D eigenvalue weighted by Gasteiger charge is 2.43. The molecule has 8 aromatic rings. The minimum absolute atomic E-state index is 0.217. The van der Waals surface area contributed by atoms with Crippen LogP contribution in [-0.4, -0.2) is 19.1 Å². The third-order valence-electron chi connectivity index (χ3n) is 18.1. The summed E-state index contributed by atoms with van der Waals surface area (Å²) in [6.07, 6.45) is 29.2. The van der Waals surface area contributed by atoms with Crippen LogP contribution in [0.25, 0.3) is 0 Å². The van der Waals surface area contributed by atoms with Gasteiger partial charge in [-0.1, -0.05) is 221 Å². The Hall–Kier alpha value is -6.30. The van der Waals surface area contributed by atoms with Crippen LogP contribution in [0.2, 0.25) is 0 Å². The van der Waals surface area contributed by atoms with Gasteiger partial charge in [-0.2, -0.15) is 0 Å². The van der Waals surface area contributed by atoms with E-state index < -0.39 is 11.1 Å². The predicted molar refractivity (Wildman–Crippen MR) is 295 cm³/mol. The minimum atomic E-state index is -0.660. The molecule has 372 valence electrons. The summed E-state index contributed by atoms with van der Waals surface area (Å²) in [5.74, 6) is 4.97. The van der Waals surface area contributed by atoms with Gasteiger partial charge in [0.05, 0.1) is 24.0 Å². The van der Waals surface area contributed by atoms with Crippen molar-refractivity contribution in [3.05, 3.63) is 252 Å². The van der Waals surface area contributed by atoms with E-state index in [1.807, 2.05) is 0 Å². The highest BCUT2D eigenvalue weighted by atomic mass is 16.5. The second-order valence-corrected chi connectivity index (χ2v) is 22.4. The monoisotopic (exact) mass is 963 g/mol. The van der Waals surface area contributed by atoms with Crippen LogP contribution in [0.3, 0.4) is 0 Å². The van der Waals surface area contributed by atoms with Gasteiger partial charge < -0.3 is 13.9 Å². The smallest absolute Gasteiger partial charge is 0.121 e. The molecule has 6 atom stereocenters. The summed E-state index contributed by atoms with van der Waals surface area (Å²) < 4.78 is 12.8. The van der Waals surface area contributed by atoms with Gasteiger partial charge in [-0.25, -0.2) is 9.97 Å². The largest absolute Gasteiger partial charge is 0.362 e. The molecule has 0 spiro atoms. The molecular weight excluding hydrogens is 889 g/mol. The van der Waals surface area contributed by atoms with Crippen molar-refractivity contribution in [3.8, 4) is 0 Å². The number of nitrogens with zero attached hydrogens (tertiary/aromatic N) is 4. The lowest BCUT2D eigenvalue weighted by atomic mass is 9.74. The quantitative estimate of drug-likeness (QED) is 0.0715. The fourth-order valence-corrected chi connectivity index (χ4v) is 14.3. The van der Waals surface area contributed by atoms with E-state index in [1.165, 1.54) is 110 Å². The Morgan fingerprint density at radius 2 is 0.671 bits per heavy atom. The Labute approximate surface area is 435 Å². The van der Waals surface area contributed by atoms with Crippen LogP contribution in [0, 0.1) is 35.5 Å². The van der Waals surface area contributed by atoms with Gasteiger partial charge in [0, 0.05) is 12.4 Å². The molecule has 12 rings (SSSR count). The Morgan fingerprint density at radius 3 is 0.959 bits per heavy atom. The van der Waals surface area contributed by atoms with E-state index in [1.54, 1.807) is 0 Å². The molecule has 2 heterocycles. The fraction of sp³-hybridized carbons (Fsp3) is 0.382. The molecule has 2 aromatic heterocycles. The average Bonchev–Trinajstić information content (AvgIpc) is 4.40. The maximum Gasteiger partial charge on any atom is 0.121 e. The first-order chi connectivity index (χ1) is 36.2. The van der Waals surface area contributed by atoms with Gasteiger partial charge in [0.25, 0.3) is 0 Å². The third-order valence-corrected chi connectivity index (χ3v) is 18.1. The number of benzene rings is 6. The van der Waals surface area contributed by atoms with Crippen LogP contribution >= 0.6 is 0 Å². The average molecular weight is 963 g/mol. The summed E-state index contributed by atoms with van der Waals surface area (Å²) >= 11 is 0. The zero-order valence-electron chi connectivity index (χ0n) is 42.8. The second-order valence-electron chi connectivity index (χ2n) is 22.4. The highest BCUT2D eigenvalue weighted by Crippen LogP contribution is 2.51. The zero-order chi connectivity index (χ0) is 48.9. The number of hydrogen-bond donors (Lipinski definition) is 0. The molecule has 73 heavy (non-hydrogen) atoms. The van der Waals surface area contributed by atoms with Crippen LogP contribution < -0.4 is 0 Å². The van der Waals surface area contributed by atoms with E-state index in [0.29, 0.717) is 0 Å². The number of hydrogen-bond acceptors (Lipinski definition) is 3. The van der Waals surface area contributed by atoms with Crippen LogP contribution in [0.15, 0.2) is 207 Å². The zero-order valence-corrected chi connectivity index (χ0v) is 42.8. The van der Waals surface area contributed by atoms with E-state index in [9.17, 15) is 0 Å². The van der Waals surface area contributed by atoms with Gasteiger partial charge in [0.15, 0.2) is 0 Å². The molecule has 0 N–H and O–H groups in total. The number of imidazole rings is 2. The summed E-state index contributed by atoms with van der Waals surface area (Å²) in [5.41, 5.74) is 7.88. The molecule has 0 bridgehead atoms. The molecule has 4 unspecified atom stereocenters. The van der Waals surface area contributed by atoms with E-state index in [-0.39, 0.29) is 12.2 Å². The van der Waals surface area contributed by atoms with Crippen molar-refractivity contribution in [1.29, 1.82) is 0 Å². The summed E-state index contributed by atoms with van der Waals surface area (Å²) in [6, 6.07) is 66.2. The molecule has 4 aliphatic carbocycles. The lowest BCUT2D eigenvalue weighted by Gasteiger charge is -2.37. The topological polar surface area (TPSA) is 44.9 Å². The predicted octanol–water partition coefficient (Wildman–Crippen LogP) is 16.6. The molecule has 4 aliphatic rings. The van der Waals surface area contributed by atoms with E-state index in [0.717, 1.165) is 72.6 Å². The van der Waals surface area contributed by atoms with Gasteiger partial charge in [-0.3, -0.25) is 0 Å². The van der Waals surface area contributed by atoms with Gasteiger partial charge in [-0.15, -0.1) is 0 Å². The van der Waals surface area contributed by atoms with Gasteiger partial charge in [-0.05, 0) is 133 Å². The number of ether oxygens (including phenoxy) is 1. The lowest BCUT2D eigenvalue weighted by molar-refractivity contribution is -0.0376. The molecule has 0 radical (unpaired) electrons. The van der Waals surface area contributed by atoms with Crippen LogP contribution in [0.5, 0.6) is 0 Å². The van der Waals surface area contributed by atoms with Gasteiger partial charge >= 0.3 is 0 Å². The SMILES string of the molecule is c1ccc(C(c2ccccc2)(c2ccccc2)n2cnc(C(CCC3CCCC[C@@H]3C3CC3)OC(CCC3CCCC[C@@H]3C3CC3)c3cn(C(c4ccccc4)(c4ccccc4)c4ccccc4)cn3)c2)cc1. The van der Waals surface area contributed by atoms with Crippen LogP contribution in [-0.2, 0) is 15.8 Å². The summed E-state index contributed by atoms with van der Waals surface area (Å²) in [6.45, 7) is 0. The Kier molecular flexibility index (Phi) is 14.1. The number of aromatic nitrogens is 4. The Bertz CT molecular complexity index is 2550. The number of rotatable bonds is 20. The molecule has 6 aromatic carbocycles. The molecule has 4 fully saturated rings. The van der Waals surface area contributed by atoms with Crippen molar-refractivity contribution >= 4 is 0 Å². The minimum Gasteiger partial charge on any atom is -0.362 e. The molecular formula is C68H74N4O. The van der Waals surface area contributed by atoms with Crippen molar-refractivity contribution in [2.75, 3.05) is 0 Å². The molecule has 5 heteroatoms. The Balaban J connectivity index is 0.981. The standard InChI is InChI=1S/C68H74N4O/c1-7-25-55(26-8-1)67(56-27-9-2-10-28-56,57-29-11-3-12-30-57)71-47-63(69-49-71)65(45-43-51-23-19-21-37-61(51)53-39-40-53)73-66(46-44-52-24-20-22-38-62(52)54-41-42-54)64-48-72(50-70-64)68(58-31-13-4-14-32-58,59-33-15-5-16-34-59)60-35-17-6-18-36-60/h1-18,25-36,47-54,61-62,65-66H,19-24,37-46H2/t51?,52?,61-,62-,65?,66?/m0/s1. The summed E-state index contributed by atoms with van der Waals surface area (Å²) in [4.78, 5) is 11.0. The maximum atomic E-state index is 7.96. The second kappa shape index (κ2) is 21.7. The Morgan fingerprint density at radius 1 is 0.384 bits per heavy atom. The highest BCUT2D eigenvalue weighted by molar-refractivity contribution is 5.52. The van der Waals surface area contributed by atoms with E-state index in [2.05, 4.69) is 216 Å². The first-order valence-electron chi connectivity index (χ1n) is 28.3. The molecule has 0 aliphatic heterocycles. The summed E-state index contributed by atoms with van der Waals surface area (Å²) in [5, 5.41) is 0. The van der Waals surface area contributed by atoms with Gasteiger partial charge in [0.1, 0.15) is 23.3 Å². The van der Waals surface area contributed by atoms with Crippen molar-refractivity contribution < 1.29 is 4.74 Å². The van der Waals surface area contributed by atoms with Crippen molar-refractivity contribution in [1.82, 2.24) is 19.1 Å². The maximum absolute atomic E-state index is 7.96. The van der Waals surface area contributed by atoms with E-state index in [4.69, 9.17) is 14.7 Å². The fourth-order valence-electron chi connectivity index (χ4n) is 14.3. The molecule has 0 amide bonds. The summed E-state index contributed by atoms with van der Waals surface area (Å²) in [7, 11) is 0. The molecule has 5 nitrogen and oxygen atoms in total.